The van der Waals surface area contributed by atoms with Crippen LogP contribution in [-0.2, 0) is 6.42 Å². The predicted molar refractivity (Wildman–Crippen MR) is 48.0 cm³/mol. The predicted octanol–water partition coefficient (Wildman–Crippen LogP) is 1.24. The highest BCUT2D eigenvalue weighted by atomic mass is 16.4. The van der Waals surface area contributed by atoms with Gasteiger partial charge in [-0.05, 0) is 11.6 Å². The molecule has 0 unspecified atom stereocenters. The van der Waals surface area contributed by atoms with E-state index in [1.54, 1.807) is 18.7 Å². The highest BCUT2D eigenvalue weighted by molar-refractivity contribution is 5.20. The largest absolute Gasteiger partial charge is 0.432 e. The van der Waals surface area contributed by atoms with Crippen LogP contribution < -0.4 is 5.73 Å². The molecular weight excluding hydrogens is 166 g/mol. The van der Waals surface area contributed by atoms with Crippen LogP contribution in [0.15, 0.2) is 35.2 Å². The minimum Gasteiger partial charge on any atom is -0.432 e. The average molecular weight is 175 g/mol. The Morgan fingerprint density at radius 3 is 3.00 bits per heavy atom. The summed E-state index contributed by atoms with van der Waals surface area (Å²) in [5.41, 5.74) is 7.26. The molecule has 0 aliphatic heterocycles. The van der Waals surface area contributed by atoms with E-state index in [-0.39, 0.29) is 6.01 Å². The van der Waals surface area contributed by atoms with Gasteiger partial charge in [-0.1, -0.05) is 6.07 Å². The second-order valence-electron chi connectivity index (χ2n) is 2.72. The molecule has 2 aromatic heterocycles. The van der Waals surface area contributed by atoms with E-state index in [9.17, 15) is 0 Å². The molecule has 0 radical (unpaired) electrons. The Labute approximate surface area is 75.4 Å². The zero-order valence-corrected chi connectivity index (χ0v) is 6.97. The molecule has 0 amide bonds. The van der Waals surface area contributed by atoms with E-state index < -0.39 is 0 Å². The number of nitrogen functional groups attached to an aromatic ring is 1. The Morgan fingerprint density at radius 1 is 1.46 bits per heavy atom. The Balaban J connectivity index is 2.15. The van der Waals surface area contributed by atoms with Crippen molar-refractivity contribution in [2.24, 2.45) is 0 Å². The van der Waals surface area contributed by atoms with Crippen molar-refractivity contribution in [1.29, 1.82) is 0 Å². The lowest BCUT2D eigenvalue weighted by atomic mass is 10.2. The molecule has 0 bridgehead atoms. The molecule has 0 spiro atoms. The zero-order valence-electron chi connectivity index (χ0n) is 6.97. The summed E-state index contributed by atoms with van der Waals surface area (Å²) in [5.74, 6) is 0. The first-order valence-electron chi connectivity index (χ1n) is 3.93. The summed E-state index contributed by atoms with van der Waals surface area (Å²) in [6, 6.07) is 4.08. The zero-order chi connectivity index (χ0) is 9.10. The SMILES string of the molecule is Nc1nc(Cc2cccnc2)co1. The van der Waals surface area contributed by atoms with Gasteiger partial charge < -0.3 is 10.2 Å². The van der Waals surface area contributed by atoms with Crippen LogP contribution in [0.4, 0.5) is 6.01 Å². The van der Waals surface area contributed by atoms with Gasteiger partial charge in [-0.2, -0.15) is 4.98 Å². The first-order valence-corrected chi connectivity index (χ1v) is 3.93. The molecular formula is C9H9N3O. The van der Waals surface area contributed by atoms with E-state index >= 15 is 0 Å². The van der Waals surface area contributed by atoms with Crippen molar-refractivity contribution in [3.05, 3.63) is 42.0 Å². The number of nitrogens with zero attached hydrogens (tertiary/aromatic N) is 2. The fraction of sp³-hybridized carbons (Fsp3) is 0.111. The first kappa shape index (κ1) is 7.79. The van der Waals surface area contributed by atoms with Gasteiger partial charge >= 0.3 is 0 Å². The summed E-state index contributed by atoms with van der Waals surface area (Å²) in [7, 11) is 0. The van der Waals surface area contributed by atoms with Gasteiger partial charge in [0.05, 0.1) is 5.69 Å². The van der Waals surface area contributed by atoms with E-state index in [0.29, 0.717) is 6.42 Å². The lowest BCUT2D eigenvalue weighted by Gasteiger charge is -1.94. The number of nitrogens with two attached hydrogens (primary N) is 1. The number of pyridine rings is 1. The fourth-order valence-corrected chi connectivity index (χ4v) is 1.12. The summed E-state index contributed by atoms with van der Waals surface area (Å²) in [5, 5.41) is 0. The smallest absolute Gasteiger partial charge is 0.292 e. The summed E-state index contributed by atoms with van der Waals surface area (Å²) >= 11 is 0. The van der Waals surface area contributed by atoms with Crippen molar-refractivity contribution in [1.82, 2.24) is 9.97 Å². The topological polar surface area (TPSA) is 64.9 Å². The van der Waals surface area contributed by atoms with Crippen molar-refractivity contribution in [3.8, 4) is 0 Å². The molecule has 0 aliphatic rings. The number of aromatic nitrogens is 2. The third-order valence-electron chi connectivity index (χ3n) is 1.68. The average Bonchev–Trinajstić information content (AvgIpc) is 2.53. The molecule has 0 fully saturated rings. The first-order chi connectivity index (χ1) is 6.34. The van der Waals surface area contributed by atoms with Crippen molar-refractivity contribution in [2.45, 2.75) is 6.42 Å². The molecule has 2 rings (SSSR count). The second-order valence-corrected chi connectivity index (χ2v) is 2.72. The molecule has 2 heterocycles. The van der Waals surface area contributed by atoms with Crippen LogP contribution in [0.3, 0.4) is 0 Å². The molecule has 2 N–H and O–H groups in total. The Morgan fingerprint density at radius 2 is 2.38 bits per heavy atom. The Bertz CT molecular complexity index is 383. The van der Waals surface area contributed by atoms with Crippen LogP contribution in [0.2, 0.25) is 0 Å². The molecule has 0 saturated carbocycles. The van der Waals surface area contributed by atoms with Crippen molar-refractivity contribution in [3.63, 3.8) is 0 Å². The van der Waals surface area contributed by atoms with Gasteiger partial charge in [-0.25, -0.2) is 0 Å². The Kier molecular flexibility index (Phi) is 1.96. The van der Waals surface area contributed by atoms with Crippen molar-refractivity contribution >= 4 is 6.01 Å². The summed E-state index contributed by atoms with van der Waals surface area (Å²) in [6.45, 7) is 0. The molecule has 0 aliphatic carbocycles. The van der Waals surface area contributed by atoms with Gasteiger partial charge in [0.25, 0.3) is 6.01 Å². The minimum atomic E-state index is 0.207. The molecule has 0 atom stereocenters. The maximum Gasteiger partial charge on any atom is 0.292 e. The summed E-state index contributed by atoms with van der Waals surface area (Å²) in [4.78, 5) is 7.99. The van der Waals surface area contributed by atoms with Crippen LogP contribution >= 0.6 is 0 Å². The molecule has 13 heavy (non-hydrogen) atoms. The number of hydrogen-bond donors (Lipinski definition) is 1. The monoisotopic (exact) mass is 175 g/mol. The summed E-state index contributed by atoms with van der Waals surface area (Å²) in [6.07, 6.45) is 5.79. The second kappa shape index (κ2) is 3.26. The van der Waals surface area contributed by atoms with Gasteiger partial charge in [0.15, 0.2) is 0 Å². The molecule has 0 saturated heterocycles. The number of hydrogen-bond acceptors (Lipinski definition) is 4. The van der Waals surface area contributed by atoms with Crippen LogP contribution in [0.1, 0.15) is 11.3 Å². The lowest BCUT2D eigenvalue weighted by Crippen LogP contribution is -1.90. The third kappa shape index (κ3) is 1.84. The molecule has 4 heteroatoms. The highest BCUT2D eigenvalue weighted by Crippen LogP contribution is 2.08. The number of anilines is 1. The van der Waals surface area contributed by atoms with Crippen molar-refractivity contribution < 1.29 is 4.42 Å². The number of oxazole rings is 1. The van der Waals surface area contributed by atoms with E-state index in [2.05, 4.69) is 9.97 Å². The van der Waals surface area contributed by atoms with Crippen LogP contribution in [0.25, 0.3) is 0 Å². The molecule has 0 aromatic carbocycles. The minimum absolute atomic E-state index is 0.207. The third-order valence-corrected chi connectivity index (χ3v) is 1.68. The maximum absolute atomic E-state index is 5.34. The van der Waals surface area contributed by atoms with Gasteiger partial charge in [-0.3, -0.25) is 4.98 Å². The summed E-state index contributed by atoms with van der Waals surface area (Å²) < 4.78 is 4.88. The van der Waals surface area contributed by atoms with Gasteiger partial charge in [0, 0.05) is 18.8 Å². The molecule has 2 aromatic rings. The quantitative estimate of drug-likeness (QED) is 0.745. The molecule has 4 nitrogen and oxygen atoms in total. The molecule has 66 valence electrons. The lowest BCUT2D eigenvalue weighted by molar-refractivity contribution is 0.579. The van der Waals surface area contributed by atoms with E-state index in [0.717, 1.165) is 11.3 Å². The van der Waals surface area contributed by atoms with Gasteiger partial charge in [-0.15, -0.1) is 0 Å². The van der Waals surface area contributed by atoms with Crippen LogP contribution in [-0.4, -0.2) is 9.97 Å². The Hall–Kier alpha value is -1.84. The van der Waals surface area contributed by atoms with Crippen LogP contribution in [0, 0.1) is 0 Å². The van der Waals surface area contributed by atoms with Crippen molar-refractivity contribution in [2.75, 3.05) is 5.73 Å². The number of rotatable bonds is 2. The van der Waals surface area contributed by atoms with Gasteiger partial charge in [0.2, 0.25) is 0 Å². The van der Waals surface area contributed by atoms with Crippen LogP contribution in [0.5, 0.6) is 0 Å². The van der Waals surface area contributed by atoms with E-state index in [1.165, 1.54) is 0 Å². The van der Waals surface area contributed by atoms with Gasteiger partial charge in [0.1, 0.15) is 6.26 Å². The standard InChI is InChI=1S/C9H9N3O/c10-9-12-8(6-13-9)4-7-2-1-3-11-5-7/h1-3,5-6H,4H2,(H2,10,12). The van der Waals surface area contributed by atoms with E-state index in [4.69, 9.17) is 10.2 Å². The normalized spacial score (nSPS) is 10.2. The fourth-order valence-electron chi connectivity index (χ4n) is 1.12. The van der Waals surface area contributed by atoms with E-state index in [1.807, 2.05) is 12.1 Å². The highest BCUT2D eigenvalue weighted by Gasteiger charge is 2.00. The maximum atomic E-state index is 5.34.